The van der Waals surface area contributed by atoms with Crippen LogP contribution in [0.1, 0.15) is 16.8 Å². The van der Waals surface area contributed by atoms with Gasteiger partial charge in [0.1, 0.15) is 11.9 Å². The number of piperazine rings is 1. The molecular weight excluding hydrogens is 370 g/mol. The molecule has 3 aliphatic heterocycles. The molecule has 0 spiro atoms. The van der Waals surface area contributed by atoms with Crippen molar-refractivity contribution in [1.82, 2.24) is 9.80 Å². The molecule has 2 aromatic rings. The molecule has 7 nitrogen and oxygen atoms in total. The summed E-state index contributed by atoms with van der Waals surface area (Å²) in [7, 11) is 0. The maximum absolute atomic E-state index is 12.8. The number of rotatable bonds is 3. The Morgan fingerprint density at radius 2 is 1.62 bits per heavy atom. The van der Waals surface area contributed by atoms with Gasteiger partial charge in [-0.1, -0.05) is 18.2 Å². The number of ether oxygens (including phenoxy) is 2. The zero-order chi connectivity index (χ0) is 19.8. The Morgan fingerprint density at radius 1 is 0.931 bits per heavy atom. The zero-order valence-corrected chi connectivity index (χ0v) is 16.1. The van der Waals surface area contributed by atoms with Crippen molar-refractivity contribution in [1.29, 1.82) is 0 Å². The highest BCUT2D eigenvalue weighted by atomic mass is 16.5. The quantitative estimate of drug-likeness (QED) is 0.866. The Bertz CT molecular complexity index is 932. The molecule has 0 bridgehead atoms. The van der Waals surface area contributed by atoms with Gasteiger partial charge in [-0.15, -0.1) is 0 Å². The van der Waals surface area contributed by atoms with Gasteiger partial charge >= 0.3 is 0 Å². The number of nitrogens with zero attached hydrogens (tertiary/aromatic N) is 2. The fourth-order valence-corrected chi connectivity index (χ4v) is 3.92. The summed E-state index contributed by atoms with van der Waals surface area (Å²) in [6.45, 7) is 3.39. The van der Waals surface area contributed by atoms with Crippen LogP contribution >= 0.6 is 0 Å². The largest absolute Gasteiger partial charge is 0.471 e. The third-order valence-electron chi connectivity index (χ3n) is 5.79. The molecule has 0 radical (unpaired) electrons. The van der Waals surface area contributed by atoms with Gasteiger partial charge in [0, 0.05) is 38.2 Å². The maximum atomic E-state index is 12.8. The van der Waals surface area contributed by atoms with Crippen molar-refractivity contribution in [3.63, 3.8) is 0 Å². The minimum absolute atomic E-state index is 0.00700. The molecule has 150 valence electrons. The Balaban J connectivity index is 1.22. The molecule has 7 heteroatoms. The van der Waals surface area contributed by atoms with E-state index in [0.717, 1.165) is 29.0 Å². The zero-order valence-electron chi connectivity index (χ0n) is 16.1. The molecule has 2 amide bonds. The molecule has 1 unspecified atom stereocenters. The minimum Gasteiger partial charge on any atom is -0.471 e. The van der Waals surface area contributed by atoms with Crippen molar-refractivity contribution in [2.45, 2.75) is 12.5 Å². The Morgan fingerprint density at radius 3 is 2.31 bits per heavy atom. The van der Waals surface area contributed by atoms with Gasteiger partial charge in [-0.3, -0.25) is 9.59 Å². The number of carbonyl (C=O) groups is 2. The van der Waals surface area contributed by atoms with Gasteiger partial charge in [0.2, 0.25) is 0 Å². The van der Waals surface area contributed by atoms with Crippen LogP contribution in [0.15, 0.2) is 42.5 Å². The van der Waals surface area contributed by atoms with E-state index >= 15 is 0 Å². The first-order valence-electron chi connectivity index (χ1n) is 10.00. The topological polar surface area (TPSA) is 71.1 Å². The van der Waals surface area contributed by atoms with Crippen molar-refractivity contribution >= 4 is 17.5 Å². The number of benzene rings is 2. The van der Waals surface area contributed by atoms with Gasteiger partial charge in [0.15, 0.2) is 6.73 Å². The third kappa shape index (κ3) is 3.42. The fourth-order valence-electron chi connectivity index (χ4n) is 3.92. The Kier molecular flexibility index (Phi) is 4.60. The first-order chi connectivity index (χ1) is 14.2. The molecule has 3 aliphatic rings. The lowest BCUT2D eigenvalue weighted by molar-refractivity contribution is -0.157. The third-order valence-corrected chi connectivity index (χ3v) is 5.79. The van der Waals surface area contributed by atoms with Crippen LogP contribution in [0.5, 0.6) is 5.75 Å². The highest BCUT2D eigenvalue weighted by molar-refractivity contribution is 5.95. The monoisotopic (exact) mass is 393 g/mol. The molecule has 2 saturated heterocycles. The minimum atomic E-state index is -0.272. The summed E-state index contributed by atoms with van der Waals surface area (Å²) in [5.41, 5.74) is 3.78. The Labute approximate surface area is 169 Å². The summed E-state index contributed by atoms with van der Waals surface area (Å²) >= 11 is 0. The van der Waals surface area contributed by atoms with E-state index in [-0.39, 0.29) is 17.9 Å². The fraction of sp³-hybridized carbons (Fsp3) is 0.364. The Hall–Kier alpha value is -3.06. The van der Waals surface area contributed by atoms with Gasteiger partial charge < -0.3 is 24.6 Å². The van der Waals surface area contributed by atoms with Crippen LogP contribution in [0.25, 0.3) is 11.1 Å². The second-order valence-corrected chi connectivity index (χ2v) is 7.52. The summed E-state index contributed by atoms with van der Waals surface area (Å²) in [5.74, 6) is 0.927. The highest BCUT2D eigenvalue weighted by Gasteiger charge is 2.33. The number of anilines is 1. The van der Waals surface area contributed by atoms with Gasteiger partial charge in [-0.25, -0.2) is 0 Å². The smallest absolute Gasteiger partial charge is 0.253 e. The molecule has 0 aliphatic carbocycles. The molecule has 2 fully saturated rings. The normalized spacial score (nSPS) is 20.3. The predicted octanol–water partition coefficient (Wildman–Crippen LogP) is 2.19. The average Bonchev–Trinajstić information content (AvgIpc) is 3.20. The average molecular weight is 393 g/mol. The lowest BCUT2D eigenvalue weighted by Crippen LogP contribution is -2.54. The second kappa shape index (κ2) is 7.40. The van der Waals surface area contributed by atoms with Crippen molar-refractivity contribution in [3.8, 4) is 16.9 Å². The number of hydrogen-bond acceptors (Lipinski definition) is 5. The van der Waals surface area contributed by atoms with Crippen molar-refractivity contribution in [3.05, 3.63) is 48.0 Å². The number of nitrogens with one attached hydrogen (secondary N) is 1. The standard InChI is InChI=1S/C22H23N3O4/c26-21(24-8-10-25(11-9-24)22(27)20-7-12-28-20)16-3-1-15(2-4-16)17-5-6-19-18(13-17)23-14-29-19/h1-6,13,20,23H,7-12,14H2. The summed E-state index contributed by atoms with van der Waals surface area (Å²) in [6, 6.07) is 13.7. The molecule has 1 N–H and O–H groups in total. The SMILES string of the molecule is O=C(c1ccc(-c2ccc3c(c2)NCO3)cc1)N1CCN(C(=O)C2CCO2)CC1. The van der Waals surface area contributed by atoms with Gasteiger partial charge in [-0.2, -0.15) is 0 Å². The summed E-state index contributed by atoms with van der Waals surface area (Å²) in [5, 5.41) is 3.19. The summed E-state index contributed by atoms with van der Waals surface area (Å²) in [6.07, 6.45) is 0.531. The van der Waals surface area contributed by atoms with E-state index in [2.05, 4.69) is 11.4 Å². The van der Waals surface area contributed by atoms with Crippen LogP contribution < -0.4 is 10.1 Å². The van der Waals surface area contributed by atoms with Crippen LogP contribution in [-0.2, 0) is 9.53 Å². The molecule has 0 saturated carbocycles. The van der Waals surface area contributed by atoms with Crippen LogP contribution in [0.3, 0.4) is 0 Å². The molecule has 1 atom stereocenters. The van der Waals surface area contributed by atoms with E-state index in [1.165, 1.54) is 0 Å². The van der Waals surface area contributed by atoms with Gasteiger partial charge in [0.25, 0.3) is 11.8 Å². The predicted molar refractivity (Wildman–Crippen MR) is 108 cm³/mol. The molecular formula is C22H23N3O4. The maximum Gasteiger partial charge on any atom is 0.253 e. The first kappa shape index (κ1) is 18.0. The van der Waals surface area contributed by atoms with E-state index in [1.54, 1.807) is 0 Å². The van der Waals surface area contributed by atoms with Crippen molar-refractivity contribution < 1.29 is 19.1 Å². The van der Waals surface area contributed by atoms with E-state index in [1.807, 2.05) is 46.2 Å². The van der Waals surface area contributed by atoms with E-state index in [9.17, 15) is 9.59 Å². The lowest BCUT2D eigenvalue weighted by Gasteiger charge is -2.38. The van der Waals surface area contributed by atoms with Crippen molar-refractivity contribution in [2.24, 2.45) is 0 Å². The van der Waals surface area contributed by atoms with Crippen LogP contribution in [0, 0.1) is 0 Å². The molecule has 3 heterocycles. The summed E-state index contributed by atoms with van der Waals surface area (Å²) in [4.78, 5) is 28.7. The second-order valence-electron chi connectivity index (χ2n) is 7.52. The van der Waals surface area contributed by atoms with E-state index < -0.39 is 0 Å². The van der Waals surface area contributed by atoms with Gasteiger partial charge in [0.05, 0.1) is 12.3 Å². The number of amides is 2. The van der Waals surface area contributed by atoms with E-state index in [4.69, 9.17) is 9.47 Å². The van der Waals surface area contributed by atoms with E-state index in [0.29, 0.717) is 45.1 Å². The van der Waals surface area contributed by atoms with Crippen LogP contribution in [-0.4, -0.2) is 67.2 Å². The summed E-state index contributed by atoms with van der Waals surface area (Å²) < 4.78 is 10.7. The van der Waals surface area contributed by atoms with Gasteiger partial charge in [-0.05, 0) is 35.4 Å². The molecule has 5 rings (SSSR count). The van der Waals surface area contributed by atoms with Crippen molar-refractivity contribution in [2.75, 3.05) is 44.8 Å². The molecule has 2 aromatic carbocycles. The molecule has 0 aromatic heterocycles. The first-order valence-corrected chi connectivity index (χ1v) is 10.00. The lowest BCUT2D eigenvalue weighted by atomic mass is 10.0. The highest BCUT2D eigenvalue weighted by Crippen LogP contribution is 2.33. The van der Waals surface area contributed by atoms with Crippen LogP contribution in [0.4, 0.5) is 5.69 Å². The number of fused-ring (bicyclic) bond motifs is 1. The number of hydrogen-bond donors (Lipinski definition) is 1. The van der Waals surface area contributed by atoms with Crippen LogP contribution in [0.2, 0.25) is 0 Å². The molecule has 29 heavy (non-hydrogen) atoms. The number of carbonyl (C=O) groups excluding carboxylic acids is 2.